The lowest BCUT2D eigenvalue weighted by atomic mass is 10.1. The van der Waals surface area contributed by atoms with Crippen LogP contribution in [0.4, 0.5) is 5.69 Å². The van der Waals surface area contributed by atoms with Crippen LogP contribution in [0.1, 0.15) is 11.1 Å². The Labute approximate surface area is 81.0 Å². The Kier molecular flexibility index (Phi) is 2.74. The molecule has 0 amide bonds. The molecule has 0 aliphatic carbocycles. The van der Waals surface area contributed by atoms with Crippen LogP contribution in [0.25, 0.3) is 0 Å². The molecule has 0 saturated carbocycles. The average Bonchev–Trinajstić information content (AvgIpc) is 2.12. The molecule has 1 aromatic rings. The molecular formula is C9H6ClN3. The van der Waals surface area contributed by atoms with Crippen LogP contribution in [-0.4, -0.2) is 0 Å². The number of nitriles is 2. The van der Waals surface area contributed by atoms with E-state index in [1.165, 1.54) is 0 Å². The zero-order valence-corrected chi connectivity index (χ0v) is 7.47. The highest BCUT2D eigenvalue weighted by Crippen LogP contribution is 2.26. The summed E-state index contributed by atoms with van der Waals surface area (Å²) < 4.78 is 0. The highest BCUT2D eigenvalue weighted by Gasteiger charge is 2.08. The van der Waals surface area contributed by atoms with E-state index in [0.717, 1.165) is 0 Å². The van der Waals surface area contributed by atoms with Crippen LogP contribution in [0, 0.1) is 22.7 Å². The van der Waals surface area contributed by atoms with Gasteiger partial charge in [-0.15, -0.1) is 0 Å². The van der Waals surface area contributed by atoms with E-state index in [0.29, 0.717) is 16.8 Å². The van der Waals surface area contributed by atoms with Gasteiger partial charge >= 0.3 is 0 Å². The lowest BCUT2D eigenvalue weighted by Gasteiger charge is -2.04. The van der Waals surface area contributed by atoms with Crippen LogP contribution in [-0.2, 0) is 6.42 Å². The SMILES string of the molecule is N#CCc1c(N)ccc(C#N)c1Cl. The fourth-order valence-electron chi connectivity index (χ4n) is 0.981. The summed E-state index contributed by atoms with van der Waals surface area (Å²) in [5.74, 6) is 0. The first kappa shape index (κ1) is 9.38. The Morgan fingerprint density at radius 2 is 2.08 bits per heavy atom. The van der Waals surface area contributed by atoms with Crippen LogP contribution < -0.4 is 5.73 Å². The Morgan fingerprint density at radius 1 is 1.38 bits per heavy atom. The van der Waals surface area contributed by atoms with Gasteiger partial charge in [0.1, 0.15) is 6.07 Å². The van der Waals surface area contributed by atoms with E-state index in [9.17, 15) is 0 Å². The van der Waals surface area contributed by atoms with Crippen molar-refractivity contribution in [2.75, 3.05) is 5.73 Å². The van der Waals surface area contributed by atoms with Crippen LogP contribution in [0.15, 0.2) is 12.1 Å². The fourth-order valence-corrected chi connectivity index (χ4v) is 1.26. The van der Waals surface area contributed by atoms with E-state index in [1.807, 2.05) is 12.1 Å². The highest BCUT2D eigenvalue weighted by atomic mass is 35.5. The van der Waals surface area contributed by atoms with Crippen molar-refractivity contribution >= 4 is 17.3 Å². The molecule has 0 spiro atoms. The van der Waals surface area contributed by atoms with Crippen molar-refractivity contribution in [2.45, 2.75) is 6.42 Å². The van der Waals surface area contributed by atoms with Crippen LogP contribution in [0.3, 0.4) is 0 Å². The molecule has 0 aromatic heterocycles. The summed E-state index contributed by atoms with van der Waals surface area (Å²) >= 11 is 5.84. The van der Waals surface area contributed by atoms with Crippen molar-refractivity contribution in [2.24, 2.45) is 0 Å². The first-order valence-electron chi connectivity index (χ1n) is 3.54. The Morgan fingerprint density at radius 3 is 2.62 bits per heavy atom. The molecular weight excluding hydrogens is 186 g/mol. The molecule has 0 heterocycles. The molecule has 0 aliphatic heterocycles. The predicted molar refractivity (Wildman–Crippen MR) is 49.9 cm³/mol. The van der Waals surface area contributed by atoms with Gasteiger partial charge in [-0.3, -0.25) is 0 Å². The minimum absolute atomic E-state index is 0.125. The van der Waals surface area contributed by atoms with Crippen molar-refractivity contribution in [3.8, 4) is 12.1 Å². The maximum Gasteiger partial charge on any atom is 0.101 e. The standard InChI is InChI=1S/C9H6ClN3/c10-9-6(5-12)1-2-8(13)7(9)3-4-11/h1-2H,3,13H2. The molecule has 3 nitrogen and oxygen atoms in total. The quantitative estimate of drug-likeness (QED) is 0.689. The minimum atomic E-state index is 0.125. The van der Waals surface area contributed by atoms with Gasteiger partial charge in [0.15, 0.2) is 0 Å². The minimum Gasteiger partial charge on any atom is -0.398 e. The molecule has 64 valence electrons. The molecule has 4 heteroatoms. The number of hydrogen-bond acceptors (Lipinski definition) is 3. The van der Waals surface area contributed by atoms with E-state index in [4.69, 9.17) is 27.9 Å². The third-order valence-corrected chi connectivity index (χ3v) is 2.09. The number of benzene rings is 1. The molecule has 0 unspecified atom stereocenters. The van der Waals surface area contributed by atoms with E-state index < -0.39 is 0 Å². The van der Waals surface area contributed by atoms with E-state index in [1.54, 1.807) is 12.1 Å². The first-order valence-corrected chi connectivity index (χ1v) is 3.92. The van der Waals surface area contributed by atoms with Gasteiger partial charge < -0.3 is 5.73 Å². The fraction of sp³-hybridized carbons (Fsp3) is 0.111. The molecule has 13 heavy (non-hydrogen) atoms. The number of nitrogens with zero attached hydrogens (tertiary/aromatic N) is 2. The Hall–Kier alpha value is -1.71. The van der Waals surface area contributed by atoms with Crippen molar-refractivity contribution < 1.29 is 0 Å². The van der Waals surface area contributed by atoms with Gasteiger partial charge in [-0.2, -0.15) is 10.5 Å². The highest BCUT2D eigenvalue weighted by molar-refractivity contribution is 6.32. The summed E-state index contributed by atoms with van der Waals surface area (Å²) in [6, 6.07) is 6.99. The van der Waals surface area contributed by atoms with Gasteiger partial charge in [-0.1, -0.05) is 11.6 Å². The molecule has 0 radical (unpaired) electrons. The van der Waals surface area contributed by atoms with Gasteiger partial charge in [0, 0.05) is 11.3 Å². The molecule has 0 atom stereocenters. The Balaban J connectivity index is 3.33. The van der Waals surface area contributed by atoms with Gasteiger partial charge in [-0.05, 0) is 12.1 Å². The second-order valence-corrected chi connectivity index (χ2v) is 2.82. The number of hydrogen-bond donors (Lipinski definition) is 1. The van der Waals surface area contributed by atoms with Crippen molar-refractivity contribution in [3.05, 3.63) is 28.3 Å². The lowest BCUT2D eigenvalue weighted by Crippen LogP contribution is -1.96. The maximum atomic E-state index is 8.64. The second kappa shape index (κ2) is 3.80. The molecule has 0 bridgehead atoms. The summed E-state index contributed by atoms with van der Waals surface area (Å²) in [5, 5.41) is 17.4. The van der Waals surface area contributed by atoms with E-state index >= 15 is 0 Å². The number of halogens is 1. The van der Waals surface area contributed by atoms with Crippen LogP contribution >= 0.6 is 11.6 Å². The number of nitrogens with two attached hydrogens (primary N) is 1. The van der Waals surface area contributed by atoms with Gasteiger partial charge in [-0.25, -0.2) is 0 Å². The summed E-state index contributed by atoms with van der Waals surface area (Å²) in [4.78, 5) is 0. The molecule has 0 aliphatic rings. The van der Waals surface area contributed by atoms with Crippen LogP contribution in [0.2, 0.25) is 5.02 Å². The smallest absolute Gasteiger partial charge is 0.101 e. The van der Waals surface area contributed by atoms with Crippen LogP contribution in [0.5, 0.6) is 0 Å². The van der Waals surface area contributed by atoms with Crippen molar-refractivity contribution in [1.82, 2.24) is 0 Å². The normalized spacial score (nSPS) is 8.85. The number of anilines is 1. The Bertz CT molecular complexity index is 412. The summed E-state index contributed by atoms with van der Waals surface area (Å²) in [6.07, 6.45) is 0.125. The summed E-state index contributed by atoms with van der Waals surface area (Å²) in [5.41, 5.74) is 6.91. The number of nitrogen functional groups attached to an aromatic ring is 1. The third kappa shape index (κ3) is 1.72. The van der Waals surface area contributed by atoms with Crippen molar-refractivity contribution in [3.63, 3.8) is 0 Å². The van der Waals surface area contributed by atoms with E-state index in [2.05, 4.69) is 0 Å². The molecule has 0 saturated heterocycles. The average molecular weight is 192 g/mol. The lowest BCUT2D eigenvalue weighted by molar-refractivity contribution is 1.26. The van der Waals surface area contributed by atoms with Gasteiger partial charge in [0.25, 0.3) is 0 Å². The monoisotopic (exact) mass is 191 g/mol. The topological polar surface area (TPSA) is 73.6 Å². The molecule has 0 fully saturated rings. The maximum absolute atomic E-state index is 8.64. The summed E-state index contributed by atoms with van der Waals surface area (Å²) in [7, 11) is 0. The summed E-state index contributed by atoms with van der Waals surface area (Å²) in [6.45, 7) is 0. The van der Waals surface area contributed by atoms with Gasteiger partial charge in [0.2, 0.25) is 0 Å². The second-order valence-electron chi connectivity index (χ2n) is 2.44. The van der Waals surface area contributed by atoms with Gasteiger partial charge in [0.05, 0.1) is 23.1 Å². The van der Waals surface area contributed by atoms with E-state index in [-0.39, 0.29) is 11.4 Å². The molecule has 2 N–H and O–H groups in total. The number of rotatable bonds is 1. The first-order chi connectivity index (χ1) is 6.20. The zero-order valence-electron chi connectivity index (χ0n) is 6.71. The zero-order chi connectivity index (χ0) is 9.84. The largest absolute Gasteiger partial charge is 0.398 e. The predicted octanol–water partition coefficient (Wildman–Crippen LogP) is 1.86. The molecule has 1 aromatic carbocycles. The third-order valence-electron chi connectivity index (χ3n) is 1.66. The van der Waals surface area contributed by atoms with Crippen molar-refractivity contribution in [1.29, 1.82) is 10.5 Å². The molecule has 1 rings (SSSR count).